The van der Waals surface area contributed by atoms with E-state index in [0.717, 1.165) is 0 Å². The first-order valence-electron chi connectivity index (χ1n) is 7.45. The molecule has 1 atom stereocenters. The number of benzene rings is 1. The Labute approximate surface area is 151 Å². The molecular weight excluding hydrogens is 371 g/mol. The summed E-state index contributed by atoms with van der Waals surface area (Å²) < 4.78 is 40.1. The summed E-state index contributed by atoms with van der Waals surface area (Å²) in [5.74, 6) is -2.07. The van der Waals surface area contributed by atoms with Crippen LogP contribution in [0.4, 0.5) is 13.2 Å². The van der Waals surface area contributed by atoms with E-state index in [4.69, 9.17) is 5.11 Å². The van der Waals surface area contributed by atoms with E-state index in [1.54, 1.807) is 11.8 Å². The zero-order valence-corrected chi connectivity index (χ0v) is 14.7. The Balaban J connectivity index is 2.29. The molecule has 0 aliphatic carbocycles. The molecule has 1 aromatic carbocycles. The molecular formula is C16H16F3N3O3S. The van der Waals surface area contributed by atoms with E-state index < -0.39 is 23.4 Å². The Morgan fingerprint density at radius 2 is 1.92 bits per heavy atom. The number of halogens is 3. The van der Waals surface area contributed by atoms with Crippen molar-refractivity contribution in [2.24, 2.45) is 0 Å². The van der Waals surface area contributed by atoms with Crippen molar-refractivity contribution < 1.29 is 27.9 Å². The van der Waals surface area contributed by atoms with Crippen molar-refractivity contribution in [3.05, 3.63) is 47.3 Å². The fourth-order valence-corrected chi connectivity index (χ4v) is 2.40. The number of thioether (sulfide) groups is 1. The molecule has 1 heterocycles. The maximum absolute atomic E-state index is 13.2. The van der Waals surface area contributed by atoms with Gasteiger partial charge in [-0.15, -0.1) is 0 Å². The second-order valence-electron chi connectivity index (χ2n) is 5.42. The Morgan fingerprint density at radius 3 is 2.42 bits per heavy atom. The van der Waals surface area contributed by atoms with E-state index in [-0.39, 0.29) is 22.4 Å². The highest BCUT2D eigenvalue weighted by Gasteiger charge is 2.40. The van der Waals surface area contributed by atoms with Crippen LogP contribution in [-0.4, -0.2) is 44.8 Å². The molecule has 10 heteroatoms. The van der Waals surface area contributed by atoms with Crippen molar-refractivity contribution in [3.63, 3.8) is 0 Å². The van der Waals surface area contributed by atoms with Gasteiger partial charge in [-0.2, -0.15) is 30.0 Å². The molecule has 1 unspecified atom stereocenters. The molecule has 2 aromatic rings. The average Bonchev–Trinajstić information content (AvgIpc) is 3.05. The van der Waals surface area contributed by atoms with Crippen LogP contribution in [0.5, 0.6) is 0 Å². The summed E-state index contributed by atoms with van der Waals surface area (Å²) in [4.78, 5) is 23.0. The van der Waals surface area contributed by atoms with Gasteiger partial charge >= 0.3 is 12.1 Å². The van der Waals surface area contributed by atoms with Crippen molar-refractivity contribution in [3.8, 4) is 5.69 Å². The normalized spacial score (nSPS) is 12.7. The number of nitrogens with one attached hydrogen (secondary N) is 1. The third kappa shape index (κ3) is 4.37. The second kappa shape index (κ2) is 7.81. The Kier molecular flexibility index (Phi) is 5.96. The molecule has 2 rings (SSSR count). The lowest BCUT2D eigenvalue weighted by Crippen LogP contribution is -2.29. The van der Waals surface area contributed by atoms with Crippen LogP contribution in [-0.2, 0) is 6.18 Å². The van der Waals surface area contributed by atoms with Crippen LogP contribution in [0.3, 0.4) is 0 Å². The largest absolute Gasteiger partial charge is 0.478 e. The quantitative estimate of drug-likeness (QED) is 0.796. The lowest BCUT2D eigenvalue weighted by atomic mass is 10.2. The summed E-state index contributed by atoms with van der Waals surface area (Å²) in [5.41, 5.74) is -2.04. The van der Waals surface area contributed by atoms with Crippen molar-refractivity contribution in [2.75, 3.05) is 12.8 Å². The highest BCUT2D eigenvalue weighted by Crippen LogP contribution is 2.33. The van der Waals surface area contributed by atoms with Crippen molar-refractivity contribution in [2.45, 2.75) is 18.3 Å². The van der Waals surface area contributed by atoms with Crippen LogP contribution in [0, 0.1) is 0 Å². The van der Waals surface area contributed by atoms with Gasteiger partial charge in [0.05, 0.1) is 11.9 Å². The molecule has 1 amide bonds. The maximum atomic E-state index is 13.2. The van der Waals surface area contributed by atoms with Crippen molar-refractivity contribution in [1.82, 2.24) is 15.1 Å². The molecule has 0 bridgehead atoms. The van der Waals surface area contributed by atoms with Crippen LogP contribution < -0.4 is 5.32 Å². The number of rotatable bonds is 6. The lowest BCUT2D eigenvalue weighted by Gasteiger charge is -2.12. The molecule has 0 aliphatic rings. The highest BCUT2D eigenvalue weighted by molar-refractivity contribution is 7.99. The maximum Gasteiger partial charge on any atom is 0.434 e. The minimum atomic E-state index is -4.89. The van der Waals surface area contributed by atoms with Gasteiger partial charge in [0.2, 0.25) is 0 Å². The number of aromatic nitrogens is 2. The Bertz CT molecular complexity index is 803. The number of hydrogen-bond donors (Lipinski definition) is 2. The number of amides is 1. The third-order valence-electron chi connectivity index (χ3n) is 3.59. The number of carbonyl (C=O) groups is 2. The molecule has 0 spiro atoms. The van der Waals surface area contributed by atoms with Gasteiger partial charge in [0.25, 0.3) is 5.91 Å². The monoisotopic (exact) mass is 387 g/mol. The summed E-state index contributed by atoms with van der Waals surface area (Å²) in [5, 5.41) is 15.4. The fourth-order valence-electron chi connectivity index (χ4n) is 2.15. The Morgan fingerprint density at radius 1 is 1.31 bits per heavy atom. The smallest absolute Gasteiger partial charge is 0.434 e. The topological polar surface area (TPSA) is 84.2 Å². The molecule has 1 aromatic heterocycles. The molecule has 0 saturated carbocycles. The van der Waals surface area contributed by atoms with Crippen LogP contribution in [0.2, 0.25) is 0 Å². The van der Waals surface area contributed by atoms with Gasteiger partial charge in [-0.25, -0.2) is 9.48 Å². The summed E-state index contributed by atoms with van der Waals surface area (Å²) in [7, 11) is 0. The van der Waals surface area contributed by atoms with Gasteiger partial charge in [0.15, 0.2) is 5.69 Å². The van der Waals surface area contributed by atoms with Crippen LogP contribution in [0.15, 0.2) is 30.5 Å². The summed E-state index contributed by atoms with van der Waals surface area (Å²) in [6, 6.07) is 5.27. The summed E-state index contributed by atoms with van der Waals surface area (Å²) in [6.07, 6.45) is -2.33. The zero-order valence-electron chi connectivity index (χ0n) is 13.9. The number of nitrogens with zero attached hydrogens (tertiary/aromatic N) is 2. The minimum Gasteiger partial charge on any atom is -0.478 e. The van der Waals surface area contributed by atoms with Crippen LogP contribution >= 0.6 is 11.8 Å². The van der Waals surface area contributed by atoms with Gasteiger partial charge in [0.1, 0.15) is 5.56 Å². The fraction of sp³-hybridized carbons (Fsp3) is 0.312. The van der Waals surface area contributed by atoms with Gasteiger partial charge in [-0.1, -0.05) is 6.92 Å². The molecule has 140 valence electrons. The molecule has 0 fully saturated rings. The average molecular weight is 387 g/mol. The number of carboxylic acid groups (broad SMARTS) is 1. The number of aromatic carboxylic acids is 1. The number of alkyl halides is 3. The molecule has 0 aliphatic heterocycles. The molecule has 2 N–H and O–H groups in total. The second-order valence-corrected chi connectivity index (χ2v) is 6.70. The summed E-state index contributed by atoms with van der Waals surface area (Å²) >= 11 is 1.59. The molecule has 0 radical (unpaired) electrons. The summed E-state index contributed by atoms with van der Waals surface area (Å²) in [6.45, 7) is 2.41. The Hall–Kier alpha value is -2.49. The van der Waals surface area contributed by atoms with Gasteiger partial charge < -0.3 is 10.4 Å². The lowest BCUT2D eigenvalue weighted by molar-refractivity contribution is -0.143. The molecule has 26 heavy (non-hydrogen) atoms. The van der Waals surface area contributed by atoms with E-state index >= 15 is 0 Å². The van der Waals surface area contributed by atoms with Gasteiger partial charge in [-0.3, -0.25) is 4.79 Å². The highest BCUT2D eigenvalue weighted by atomic mass is 32.2. The predicted molar refractivity (Wildman–Crippen MR) is 90.8 cm³/mol. The number of carboxylic acids is 1. The molecule has 0 saturated heterocycles. The first-order chi connectivity index (χ1) is 12.1. The third-order valence-corrected chi connectivity index (χ3v) is 4.57. The first-order valence-corrected chi connectivity index (χ1v) is 8.74. The van der Waals surface area contributed by atoms with E-state index in [2.05, 4.69) is 10.4 Å². The van der Waals surface area contributed by atoms with E-state index in [0.29, 0.717) is 17.4 Å². The van der Waals surface area contributed by atoms with Gasteiger partial charge in [0, 0.05) is 17.4 Å². The van der Waals surface area contributed by atoms with Crippen LogP contribution in [0.1, 0.15) is 33.3 Å². The van der Waals surface area contributed by atoms with E-state index in [1.807, 2.05) is 13.2 Å². The van der Waals surface area contributed by atoms with E-state index in [9.17, 15) is 22.8 Å². The van der Waals surface area contributed by atoms with Gasteiger partial charge in [-0.05, 0) is 30.5 Å². The first kappa shape index (κ1) is 19.8. The molecule has 6 nitrogen and oxygen atoms in total. The number of hydrogen-bond acceptors (Lipinski definition) is 4. The van der Waals surface area contributed by atoms with E-state index in [1.165, 1.54) is 24.3 Å². The van der Waals surface area contributed by atoms with Crippen LogP contribution in [0.25, 0.3) is 5.69 Å². The van der Waals surface area contributed by atoms with Crippen molar-refractivity contribution in [1.29, 1.82) is 0 Å². The number of carbonyl (C=O) groups excluding carboxylic acids is 1. The predicted octanol–water partition coefficient (Wildman–Crippen LogP) is 3.07. The standard InChI is InChI=1S/C16H16F3N3O3S/c1-9(26-2)7-20-14(23)10-3-5-11(6-4-10)22-13(16(17,18)19)12(8-21-22)15(24)25/h3-6,8-9H,7H2,1-2H3,(H,20,23)(H,24,25). The minimum absolute atomic E-state index is 0.00106. The zero-order chi connectivity index (χ0) is 19.5. The SMILES string of the molecule is CSC(C)CNC(=O)c1ccc(-n2ncc(C(=O)O)c2C(F)(F)F)cc1. The van der Waals surface area contributed by atoms with Crippen molar-refractivity contribution >= 4 is 23.6 Å².